The van der Waals surface area contributed by atoms with E-state index in [1.807, 2.05) is 51.3 Å². The Balaban J connectivity index is 2.66. The standard InChI is InChI=1S/C15H22N2O3S/c1-15(2,3)12(9-13(18)19)17-14(20)16-10-5-7-11(21-4)8-6-10/h5-8,12H,9H2,1-4H3,(H,18,19)(H2,16,17,20). The molecular weight excluding hydrogens is 288 g/mol. The smallest absolute Gasteiger partial charge is 0.319 e. The number of anilines is 1. The predicted molar refractivity (Wildman–Crippen MR) is 85.9 cm³/mol. The summed E-state index contributed by atoms with van der Waals surface area (Å²) in [4.78, 5) is 24.0. The van der Waals surface area contributed by atoms with Gasteiger partial charge in [-0.25, -0.2) is 4.79 Å². The minimum atomic E-state index is -0.931. The average Bonchev–Trinajstić information content (AvgIpc) is 2.37. The number of carbonyl (C=O) groups is 2. The lowest BCUT2D eigenvalue weighted by Crippen LogP contribution is -2.46. The minimum Gasteiger partial charge on any atom is -0.481 e. The van der Waals surface area contributed by atoms with E-state index in [1.165, 1.54) is 0 Å². The Morgan fingerprint density at radius 3 is 2.24 bits per heavy atom. The molecule has 1 aromatic carbocycles. The number of benzene rings is 1. The molecule has 0 radical (unpaired) electrons. The third-order valence-electron chi connectivity index (χ3n) is 3.08. The first-order chi connectivity index (χ1) is 9.72. The van der Waals surface area contributed by atoms with Gasteiger partial charge in [-0.3, -0.25) is 4.79 Å². The molecule has 0 aromatic heterocycles. The molecule has 1 rings (SSSR count). The number of urea groups is 1. The van der Waals surface area contributed by atoms with Crippen molar-refractivity contribution in [2.45, 2.75) is 38.1 Å². The second-order valence-corrected chi connectivity index (χ2v) is 6.72. The van der Waals surface area contributed by atoms with E-state index in [4.69, 9.17) is 5.11 Å². The molecule has 21 heavy (non-hydrogen) atoms. The second-order valence-electron chi connectivity index (χ2n) is 5.84. The van der Waals surface area contributed by atoms with E-state index in [-0.39, 0.29) is 11.8 Å². The zero-order chi connectivity index (χ0) is 16.0. The fourth-order valence-corrected chi connectivity index (χ4v) is 2.16. The van der Waals surface area contributed by atoms with Crippen LogP contribution in [0.2, 0.25) is 0 Å². The van der Waals surface area contributed by atoms with Gasteiger partial charge in [-0.1, -0.05) is 20.8 Å². The zero-order valence-electron chi connectivity index (χ0n) is 12.8. The van der Waals surface area contributed by atoms with E-state index in [9.17, 15) is 9.59 Å². The molecule has 1 atom stereocenters. The number of hydrogen-bond acceptors (Lipinski definition) is 3. The lowest BCUT2D eigenvalue weighted by Gasteiger charge is -2.30. The average molecular weight is 310 g/mol. The summed E-state index contributed by atoms with van der Waals surface area (Å²) in [5.41, 5.74) is 0.339. The summed E-state index contributed by atoms with van der Waals surface area (Å²) in [6.45, 7) is 5.69. The van der Waals surface area contributed by atoms with Crippen molar-refractivity contribution in [2.75, 3.05) is 11.6 Å². The SMILES string of the molecule is CSc1ccc(NC(=O)NC(CC(=O)O)C(C)(C)C)cc1. The number of carboxylic acid groups (broad SMARTS) is 1. The molecule has 1 aromatic rings. The maximum absolute atomic E-state index is 12.0. The van der Waals surface area contributed by atoms with Crippen LogP contribution < -0.4 is 10.6 Å². The maximum atomic E-state index is 12.0. The van der Waals surface area contributed by atoms with Crippen molar-refractivity contribution in [3.8, 4) is 0 Å². The quantitative estimate of drug-likeness (QED) is 0.728. The summed E-state index contributed by atoms with van der Waals surface area (Å²) in [5, 5.41) is 14.4. The van der Waals surface area contributed by atoms with E-state index < -0.39 is 18.0 Å². The number of aliphatic carboxylic acids is 1. The van der Waals surface area contributed by atoms with Crippen LogP contribution >= 0.6 is 11.8 Å². The largest absolute Gasteiger partial charge is 0.481 e. The molecule has 0 saturated heterocycles. The molecule has 0 aliphatic rings. The number of hydrogen-bond donors (Lipinski definition) is 3. The Kier molecular flexibility index (Phi) is 6.08. The van der Waals surface area contributed by atoms with Gasteiger partial charge in [-0.2, -0.15) is 0 Å². The number of carboxylic acids is 1. The first-order valence-electron chi connectivity index (χ1n) is 6.65. The van der Waals surface area contributed by atoms with Crippen molar-refractivity contribution in [1.29, 1.82) is 0 Å². The Morgan fingerprint density at radius 1 is 1.24 bits per heavy atom. The van der Waals surface area contributed by atoms with Gasteiger partial charge in [0, 0.05) is 16.6 Å². The third kappa shape index (κ3) is 6.08. The van der Waals surface area contributed by atoms with Gasteiger partial charge < -0.3 is 15.7 Å². The molecule has 0 heterocycles. The molecule has 0 aliphatic heterocycles. The zero-order valence-corrected chi connectivity index (χ0v) is 13.6. The van der Waals surface area contributed by atoms with Gasteiger partial charge >= 0.3 is 12.0 Å². The normalized spacial score (nSPS) is 12.6. The third-order valence-corrected chi connectivity index (χ3v) is 3.82. The van der Waals surface area contributed by atoms with Crippen molar-refractivity contribution in [1.82, 2.24) is 5.32 Å². The lowest BCUT2D eigenvalue weighted by atomic mass is 9.85. The monoisotopic (exact) mass is 310 g/mol. The maximum Gasteiger partial charge on any atom is 0.319 e. The molecule has 0 fully saturated rings. The summed E-state index contributed by atoms with van der Waals surface area (Å²) in [6, 6.07) is 6.62. The summed E-state index contributed by atoms with van der Waals surface area (Å²) in [6.07, 6.45) is 1.87. The predicted octanol–water partition coefficient (Wildman–Crippen LogP) is 3.42. The Morgan fingerprint density at radius 2 is 1.81 bits per heavy atom. The van der Waals surface area contributed by atoms with E-state index in [0.717, 1.165) is 4.90 Å². The van der Waals surface area contributed by atoms with Crippen LogP contribution in [-0.2, 0) is 4.79 Å². The van der Waals surface area contributed by atoms with Gasteiger partial charge in [0.25, 0.3) is 0 Å². The second kappa shape index (κ2) is 7.36. The first-order valence-corrected chi connectivity index (χ1v) is 7.88. The lowest BCUT2D eigenvalue weighted by molar-refractivity contribution is -0.138. The van der Waals surface area contributed by atoms with Crippen molar-refractivity contribution in [3.63, 3.8) is 0 Å². The highest BCUT2D eigenvalue weighted by molar-refractivity contribution is 7.98. The molecule has 0 spiro atoms. The summed E-state index contributed by atoms with van der Waals surface area (Å²) in [7, 11) is 0. The first kappa shape index (κ1) is 17.4. The van der Waals surface area contributed by atoms with Crippen LogP contribution in [0.25, 0.3) is 0 Å². The van der Waals surface area contributed by atoms with Crippen molar-refractivity contribution >= 4 is 29.4 Å². The van der Waals surface area contributed by atoms with Crippen LogP contribution in [0, 0.1) is 5.41 Å². The van der Waals surface area contributed by atoms with Crippen LogP contribution in [-0.4, -0.2) is 29.4 Å². The van der Waals surface area contributed by atoms with Crippen LogP contribution in [0.1, 0.15) is 27.2 Å². The van der Waals surface area contributed by atoms with Gasteiger partial charge in [-0.15, -0.1) is 11.8 Å². The minimum absolute atomic E-state index is 0.109. The van der Waals surface area contributed by atoms with Crippen molar-refractivity contribution in [2.24, 2.45) is 5.41 Å². The molecule has 1 unspecified atom stereocenters. The van der Waals surface area contributed by atoms with Gasteiger partial charge in [0.2, 0.25) is 0 Å². The molecule has 0 aliphatic carbocycles. The van der Waals surface area contributed by atoms with Gasteiger partial charge in [0.1, 0.15) is 0 Å². The molecule has 116 valence electrons. The highest BCUT2D eigenvalue weighted by atomic mass is 32.2. The van der Waals surface area contributed by atoms with Crippen LogP contribution in [0.15, 0.2) is 29.2 Å². The van der Waals surface area contributed by atoms with Crippen LogP contribution in [0.5, 0.6) is 0 Å². The summed E-state index contributed by atoms with van der Waals surface area (Å²) >= 11 is 1.62. The Labute approximate surface area is 129 Å². The van der Waals surface area contributed by atoms with Crippen LogP contribution in [0.4, 0.5) is 10.5 Å². The van der Waals surface area contributed by atoms with Gasteiger partial charge in [0.15, 0.2) is 0 Å². The molecule has 0 saturated carbocycles. The molecule has 6 heteroatoms. The van der Waals surface area contributed by atoms with E-state index in [0.29, 0.717) is 5.69 Å². The molecule has 0 bridgehead atoms. The Bertz CT molecular complexity index is 495. The van der Waals surface area contributed by atoms with E-state index >= 15 is 0 Å². The van der Waals surface area contributed by atoms with Crippen LogP contribution in [0.3, 0.4) is 0 Å². The summed E-state index contributed by atoms with van der Waals surface area (Å²) < 4.78 is 0. The number of nitrogens with one attached hydrogen (secondary N) is 2. The van der Waals surface area contributed by atoms with Crippen molar-refractivity contribution in [3.05, 3.63) is 24.3 Å². The number of carbonyl (C=O) groups excluding carboxylic acids is 1. The molecular formula is C15H22N2O3S. The van der Waals surface area contributed by atoms with Crippen molar-refractivity contribution < 1.29 is 14.7 Å². The highest BCUT2D eigenvalue weighted by Gasteiger charge is 2.28. The number of amides is 2. The molecule has 2 amide bonds. The van der Waals surface area contributed by atoms with Gasteiger partial charge in [-0.05, 0) is 35.9 Å². The Hall–Kier alpha value is -1.69. The highest BCUT2D eigenvalue weighted by Crippen LogP contribution is 2.22. The number of thioether (sulfide) groups is 1. The summed E-state index contributed by atoms with van der Waals surface area (Å²) in [5.74, 6) is -0.931. The fraction of sp³-hybridized carbons (Fsp3) is 0.467. The topological polar surface area (TPSA) is 78.4 Å². The fourth-order valence-electron chi connectivity index (χ4n) is 1.75. The van der Waals surface area contributed by atoms with E-state index in [2.05, 4.69) is 10.6 Å². The van der Waals surface area contributed by atoms with E-state index in [1.54, 1.807) is 11.8 Å². The number of rotatable bonds is 5. The molecule has 5 nitrogen and oxygen atoms in total. The van der Waals surface area contributed by atoms with Gasteiger partial charge in [0.05, 0.1) is 6.42 Å². The molecule has 3 N–H and O–H groups in total.